The zero-order valence-electron chi connectivity index (χ0n) is 14.6. The quantitative estimate of drug-likeness (QED) is 0.719. The second kappa shape index (κ2) is 7.07. The molecule has 1 aliphatic rings. The van der Waals surface area contributed by atoms with Crippen LogP contribution in [0.25, 0.3) is 10.1 Å². The summed E-state index contributed by atoms with van der Waals surface area (Å²) in [7, 11) is 3.98. The monoisotopic (exact) mass is 354 g/mol. The molecule has 1 aliphatic heterocycles. The maximum Gasteiger partial charge on any atom is 0.152 e. The second-order valence-electron chi connectivity index (χ2n) is 6.50. The molecule has 3 heterocycles. The minimum Gasteiger partial charge on any atom is -0.369 e. The van der Waals surface area contributed by atoms with Crippen LogP contribution >= 0.6 is 11.3 Å². The molecule has 3 aromatic rings. The average Bonchev–Trinajstić information content (AvgIpc) is 3.04. The predicted molar refractivity (Wildman–Crippen MR) is 102 cm³/mol. The summed E-state index contributed by atoms with van der Waals surface area (Å²) in [6.07, 6.45) is 3.45. The maximum atomic E-state index is 6.01. The molecule has 130 valence electrons. The lowest BCUT2D eigenvalue weighted by molar-refractivity contribution is -0.0345. The highest BCUT2D eigenvalue weighted by atomic mass is 32.1. The highest BCUT2D eigenvalue weighted by Crippen LogP contribution is 2.30. The van der Waals surface area contributed by atoms with Gasteiger partial charge in [0.2, 0.25) is 0 Å². The number of rotatable bonds is 4. The fourth-order valence-electron chi connectivity index (χ4n) is 3.26. The molecule has 0 aliphatic carbocycles. The van der Waals surface area contributed by atoms with Crippen molar-refractivity contribution in [3.8, 4) is 0 Å². The third kappa shape index (κ3) is 3.51. The Kier molecular flexibility index (Phi) is 4.65. The first-order chi connectivity index (χ1) is 12.2. The van der Waals surface area contributed by atoms with Crippen LogP contribution in [-0.4, -0.2) is 48.7 Å². The molecule has 0 bridgehead atoms. The Balaban J connectivity index is 1.51. The minimum absolute atomic E-state index is 0.0331. The van der Waals surface area contributed by atoms with Crippen LogP contribution in [0.4, 0.5) is 5.82 Å². The van der Waals surface area contributed by atoms with Gasteiger partial charge in [-0.2, -0.15) is 0 Å². The van der Waals surface area contributed by atoms with Crippen LogP contribution in [0.1, 0.15) is 16.7 Å². The molecule has 0 amide bonds. The highest BCUT2D eigenvalue weighted by molar-refractivity contribution is 7.19. The van der Waals surface area contributed by atoms with E-state index in [0.717, 1.165) is 37.8 Å². The Labute approximate surface area is 151 Å². The first kappa shape index (κ1) is 16.4. The van der Waals surface area contributed by atoms with Gasteiger partial charge in [-0.15, -0.1) is 11.3 Å². The molecule has 0 spiro atoms. The van der Waals surface area contributed by atoms with E-state index >= 15 is 0 Å². The van der Waals surface area contributed by atoms with Gasteiger partial charge in [-0.05, 0) is 17.5 Å². The Bertz CT molecular complexity index is 830. The smallest absolute Gasteiger partial charge is 0.152 e. The Morgan fingerprint density at radius 3 is 2.92 bits per heavy atom. The number of hydrogen-bond acceptors (Lipinski definition) is 6. The zero-order valence-corrected chi connectivity index (χ0v) is 15.4. The lowest BCUT2D eigenvalue weighted by Gasteiger charge is -2.33. The average molecular weight is 354 g/mol. The second-order valence-corrected chi connectivity index (χ2v) is 7.67. The number of ether oxygens (including phenoxy) is 1. The summed E-state index contributed by atoms with van der Waals surface area (Å²) in [6.45, 7) is 3.46. The molecule has 1 atom stereocenters. The van der Waals surface area contributed by atoms with E-state index in [1.807, 2.05) is 30.3 Å². The first-order valence-electron chi connectivity index (χ1n) is 8.50. The number of morpholine rings is 1. The lowest BCUT2D eigenvalue weighted by atomic mass is 10.2. The molecule has 0 radical (unpaired) electrons. The van der Waals surface area contributed by atoms with E-state index in [-0.39, 0.29) is 6.10 Å². The Hall–Kier alpha value is -2.02. The number of aromatic nitrogens is 2. The van der Waals surface area contributed by atoms with Crippen molar-refractivity contribution in [2.75, 3.05) is 38.7 Å². The van der Waals surface area contributed by atoms with Gasteiger partial charge in [-0.3, -0.25) is 9.88 Å². The van der Waals surface area contributed by atoms with Crippen molar-refractivity contribution in [3.05, 3.63) is 53.3 Å². The lowest BCUT2D eigenvalue weighted by Crippen LogP contribution is -2.38. The van der Waals surface area contributed by atoms with Crippen molar-refractivity contribution in [3.63, 3.8) is 0 Å². The molecule has 1 aromatic carbocycles. The SMILES string of the molecule is CN(C)c1nccnc1[C@@H]1CN(Cc2cc3ccccc3s2)CCO1. The van der Waals surface area contributed by atoms with Crippen LogP contribution in [-0.2, 0) is 11.3 Å². The van der Waals surface area contributed by atoms with E-state index in [1.165, 1.54) is 15.0 Å². The molecule has 2 aromatic heterocycles. The summed E-state index contributed by atoms with van der Waals surface area (Å²) >= 11 is 1.88. The van der Waals surface area contributed by atoms with E-state index in [1.54, 1.807) is 12.4 Å². The van der Waals surface area contributed by atoms with Gasteiger partial charge < -0.3 is 9.64 Å². The molecule has 4 rings (SSSR count). The molecule has 6 heteroatoms. The molecule has 5 nitrogen and oxygen atoms in total. The van der Waals surface area contributed by atoms with E-state index < -0.39 is 0 Å². The van der Waals surface area contributed by atoms with Crippen LogP contribution in [0.2, 0.25) is 0 Å². The van der Waals surface area contributed by atoms with Gasteiger partial charge in [-0.1, -0.05) is 18.2 Å². The van der Waals surface area contributed by atoms with Crippen LogP contribution in [0.3, 0.4) is 0 Å². The van der Waals surface area contributed by atoms with Crippen molar-refractivity contribution in [1.29, 1.82) is 0 Å². The summed E-state index contributed by atoms with van der Waals surface area (Å²) in [5.41, 5.74) is 0.925. The van der Waals surface area contributed by atoms with Crippen LogP contribution in [0.5, 0.6) is 0 Å². The molecule has 1 fully saturated rings. The molecule has 25 heavy (non-hydrogen) atoms. The van der Waals surface area contributed by atoms with E-state index in [4.69, 9.17) is 4.74 Å². The van der Waals surface area contributed by atoms with Gasteiger partial charge in [0.1, 0.15) is 11.8 Å². The number of benzene rings is 1. The summed E-state index contributed by atoms with van der Waals surface area (Å²) in [5, 5.41) is 1.33. The van der Waals surface area contributed by atoms with Crippen LogP contribution in [0.15, 0.2) is 42.7 Å². The van der Waals surface area contributed by atoms with E-state index in [2.05, 4.69) is 45.2 Å². The standard InChI is InChI=1S/C19H22N4OS/c1-22(2)19-18(20-7-8-21-19)16-13-23(9-10-24-16)12-15-11-14-5-3-4-6-17(14)25-15/h3-8,11,16H,9-10,12-13H2,1-2H3/t16-/m0/s1. The fraction of sp³-hybridized carbons (Fsp3) is 0.368. The number of fused-ring (bicyclic) bond motifs is 1. The molecular formula is C19H22N4OS. The number of nitrogens with zero attached hydrogens (tertiary/aromatic N) is 4. The van der Waals surface area contributed by atoms with Gasteiger partial charge in [0.05, 0.1) is 6.61 Å². The molecule has 0 unspecified atom stereocenters. The van der Waals surface area contributed by atoms with Crippen molar-refractivity contribution in [2.45, 2.75) is 12.6 Å². The zero-order chi connectivity index (χ0) is 17.2. The summed E-state index contributed by atoms with van der Waals surface area (Å²) in [4.78, 5) is 14.8. The number of anilines is 1. The van der Waals surface area contributed by atoms with E-state index in [0.29, 0.717) is 0 Å². The highest BCUT2D eigenvalue weighted by Gasteiger charge is 2.26. The number of hydrogen-bond donors (Lipinski definition) is 0. The van der Waals surface area contributed by atoms with Gasteiger partial charge in [0.25, 0.3) is 0 Å². The van der Waals surface area contributed by atoms with Gasteiger partial charge in [0.15, 0.2) is 5.82 Å². The topological polar surface area (TPSA) is 41.5 Å². The van der Waals surface area contributed by atoms with Crippen molar-refractivity contribution in [1.82, 2.24) is 14.9 Å². The normalized spacial score (nSPS) is 18.6. The van der Waals surface area contributed by atoms with Crippen molar-refractivity contribution < 1.29 is 4.74 Å². The third-order valence-corrected chi connectivity index (χ3v) is 5.54. The Morgan fingerprint density at radius 2 is 2.08 bits per heavy atom. The summed E-state index contributed by atoms with van der Waals surface area (Å²) in [5.74, 6) is 0.885. The van der Waals surface area contributed by atoms with Gasteiger partial charge in [-0.25, -0.2) is 4.98 Å². The Morgan fingerprint density at radius 1 is 1.24 bits per heavy atom. The first-order valence-corrected chi connectivity index (χ1v) is 9.32. The van der Waals surface area contributed by atoms with Crippen LogP contribution < -0.4 is 4.90 Å². The van der Waals surface area contributed by atoms with Gasteiger partial charge in [0, 0.05) is 55.7 Å². The number of thiophene rings is 1. The minimum atomic E-state index is -0.0331. The van der Waals surface area contributed by atoms with Crippen molar-refractivity contribution in [2.24, 2.45) is 0 Å². The van der Waals surface area contributed by atoms with Crippen LogP contribution in [0, 0.1) is 0 Å². The molecule has 0 N–H and O–H groups in total. The molecular weight excluding hydrogens is 332 g/mol. The molecule has 0 saturated carbocycles. The maximum absolute atomic E-state index is 6.01. The van der Waals surface area contributed by atoms with E-state index in [9.17, 15) is 0 Å². The molecule has 1 saturated heterocycles. The van der Waals surface area contributed by atoms with Crippen molar-refractivity contribution >= 4 is 27.2 Å². The summed E-state index contributed by atoms with van der Waals surface area (Å²) in [6, 6.07) is 10.9. The summed E-state index contributed by atoms with van der Waals surface area (Å²) < 4.78 is 7.37. The third-order valence-electron chi connectivity index (χ3n) is 4.44. The fourth-order valence-corrected chi connectivity index (χ4v) is 4.37. The predicted octanol–water partition coefficient (Wildman–Crippen LogP) is 3.33. The van der Waals surface area contributed by atoms with Gasteiger partial charge >= 0.3 is 0 Å². The largest absolute Gasteiger partial charge is 0.369 e.